The summed E-state index contributed by atoms with van der Waals surface area (Å²) in [4.78, 5) is 0. The lowest BCUT2D eigenvalue weighted by Crippen LogP contribution is -2.32. The van der Waals surface area contributed by atoms with Gasteiger partial charge in [-0.15, -0.1) is 11.6 Å². The summed E-state index contributed by atoms with van der Waals surface area (Å²) in [5.74, 6) is 0.383. The third-order valence-electron chi connectivity index (χ3n) is 2.15. The normalized spacial score (nSPS) is 10.5. The van der Waals surface area contributed by atoms with Crippen molar-refractivity contribution in [2.45, 2.75) is 5.88 Å². The van der Waals surface area contributed by atoms with Crippen LogP contribution >= 0.6 is 11.6 Å². The van der Waals surface area contributed by atoms with E-state index in [1.165, 1.54) is 0 Å². The number of hydrogen-bond donors (Lipinski definition) is 1. The highest BCUT2D eigenvalue weighted by Gasteiger charge is 2.14. The average molecular weight is 225 g/mol. The highest BCUT2D eigenvalue weighted by molar-refractivity contribution is 6.17. The first kappa shape index (κ1) is 9.98. The maximum absolute atomic E-state index is 9.71. The van der Waals surface area contributed by atoms with E-state index >= 15 is 0 Å². The van der Waals surface area contributed by atoms with Gasteiger partial charge in [-0.05, 0) is 6.07 Å². The molecule has 0 aromatic carbocycles. The van der Waals surface area contributed by atoms with Crippen LogP contribution in [0.4, 0.5) is 0 Å². The van der Waals surface area contributed by atoms with Gasteiger partial charge in [0.05, 0.1) is 17.6 Å². The fourth-order valence-electron chi connectivity index (χ4n) is 1.39. The molecule has 5 heteroatoms. The average Bonchev–Trinajstić information content (AvgIpc) is 2.64. The highest BCUT2D eigenvalue weighted by Crippen LogP contribution is 2.14. The van der Waals surface area contributed by atoms with Crippen molar-refractivity contribution >= 4 is 11.6 Å². The second kappa shape index (κ2) is 3.90. The van der Waals surface area contributed by atoms with E-state index in [1.807, 2.05) is 25.4 Å². The molecule has 0 unspecified atom stereocenters. The van der Waals surface area contributed by atoms with Crippen LogP contribution in [-0.2, 0) is 12.9 Å². The lowest BCUT2D eigenvalue weighted by atomic mass is 10.2. The van der Waals surface area contributed by atoms with Gasteiger partial charge in [0.15, 0.2) is 0 Å². The topological polar surface area (TPSA) is 41.9 Å². The molecule has 0 atom stereocenters. The Kier molecular flexibility index (Phi) is 2.60. The number of alkyl halides is 1. The van der Waals surface area contributed by atoms with Crippen LogP contribution in [0.5, 0.6) is 0 Å². The second-order valence-corrected chi connectivity index (χ2v) is 3.57. The van der Waals surface area contributed by atoms with E-state index in [9.17, 15) is 5.21 Å². The first-order chi connectivity index (χ1) is 7.20. The van der Waals surface area contributed by atoms with Crippen molar-refractivity contribution in [2.75, 3.05) is 0 Å². The van der Waals surface area contributed by atoms with Gasteiger partial charge in [-0.2, -0.15) is 5.10 Å². The van der Waals surface area contributed by atoms with Gasteiger partial charge in [-0.1, -0.05) is 0 Å². The SMILES string of the molecule is Cn1cc(-c2ccc(CCl)c[n+]2O)cn1. The molecule has 0 aliphatic carbocycles. The zero-order valence-electron chi connectivity index (χ0n) is 8.26. The molecular formula is C10H11ClN3O+. The van der Waals surface area contributed by atoms with Crippen molar-refractivity contribution in [2.24, 2.45) is 7.05 Å². The molecule has 0 saturated heterocycles. The maximum Gasteiger partial charge on any atom is 0.267 e. The molecule has 0 saturated carbocycles. The summed E-state index contributed by atoms with van der Waals surface area (Å²) in [6.07, 6.45) is 5.13. The number of aromatic nitrogens is 3. The number of rotatable bonds is 2. The molecule has 2 aromatic rings. The largest absolute Gasteiger partial charge is 0.285 e. The first-order valence-electron chi connectivity index (χ1n) is 4.49. The Hall–Kier alpha value is -1.55. The van der Waals surface area contributed by atoms with E-state index in [1.54, 1.807) is 17.1 Å². The minimum atomic E-state index is 0.383. The van der Waals surface area contributed by atoms with Gasteiger partial charge in [0.2, 0.25) is 6.20 Å². The van der Waals surface area contributed by atoms with E-state index in [2.05, 4.69) is 5.10 Å². The summed E-state index contributed by atoms with van der Waals surface area (Å²) in [5, 5.41) is 13.7. The fourth-order valence-corrected chi connectivity index (χ4v) is 1.55. The minimum Gasteiger partial charge on any atom is -0.285 e. The number of pyridine rings is 1. The zero-order valence-corrected chi connectivity index (χ0v) is 9.02. The Morgan fingerprint density at radius 2 is 2.33 bits per heavy atom. The van der Waals surface area contributed by atoms with Crippen LogP contribution in [-0.4, -0.2) is 15.0 Å². The number of hydrogen-bond acceptors (Lipinski definition) is 2. The molecule has 0 radical (unpaired) electrons. The standard InChI is InChI=1S/C10H11ClN3O/c1-13-7-9(5-12-13)10-3-2-8(4-11)6-14(10)15/h2-3,5-7,15H,4H2,1H3/q+1. The smallest absolute Gasteiger partial charge is 0.267 e. The summed E-state index contributed by atoms with van der Waals surface area (Å²) in [7, 11) is 1.83. The summed E-state index contributed by atoms with van der Waals surface area (Å²) in [5.41, 5.74) is 2.42. The molecule has 0 amide bonds. The predicted octanol–water partition coefficient (Wildman–Crippen LogP) is 1.35. The molecule has 2 rings (SSSR count). The van der Waals surface area contributed by atoms with Gasteiger partial charge >= 0.3 is 0 Å². The van der Waals surface area contributed by atoms with Crippen molar-refractivity contribution in [3.8, 4) is 11.3 Å². The fraction of sp³-hybridized carbons (Fsp3) is 0.200. The lowest BCUT2D eigenvalue weighted by Gasteiger charge is -1.95. The monoisotopic (exact) mass is 224 g/mol. The van der Waals surface area contributed by atoms with Crippen LogP contribution in [0.1, 0.15) is 5.56 Å². The molecule has 0 spiro atoms. The maximum atomic E-state index is 9.71. The van der Waals surface area contributed by atoms with Crippen LogP contribution in [0, 0.1) is 0 Å². The third-order valence-corrected chi connectivity index (χ3v) is 2.45. The molecule has 78 valence electrons. The van der Waals surface area contributed by atoms with E-state index in [0.29, 0.717) is 11.6 Å². The number of nitrogens with zero attached hydrogens (tertiary/aromatic N) is 3. The first-order valence-corrected chi connectivity index (χ1v) is 5.03. The molecule has 2 aromatic heterocycles. The van der Waals surface area contributed by atoms with Crippen molar-refractivity contribution in [1.29, 1.82) is 0 Å². The van der Waals surface area contributed by atoms with Crippen molar-refractivity contribution in [3.05, 3.63) is 36.3 Å². The van der Waals surface area contributed by atoms with Gasteiger partial charge in [-0.3, -0.25) is 9.89 Å². The zero-order chi connectivity index (χ0) is 10.8. The summed E-state index contributed by atoms with van der Waals surface area (Å²) >= 11 is 5.66. The molecule has 15 heavy (non-hydrogen) atoms. The summed E-state index contributed by atoms with van der Waals surface area (Å²) in [6, 6.07) is 3.69. The molecule has 1 N–H and O–H groups in total. The Morgan fingerprint density at radius 3 is 2.87 bits per heavy atom. The van der Waals surface area contributed by atoms with Crippen LogP contribution in [0.3, 0.4) is 0 Å². The van der Waals surface area contributed by atoms with E-state index in [-0.39, 0.29) is 0 Å². The van der Waals surface area contributed by atoms with Gasteiger partial charge in [-0.25, -0.2) is 0 Å². The Bertz CT molecular complexity index is 481. The Labute approximate surface area is 92.3 Å². The molecule has 0 aliphatic heterocycles. The quantitative estimate of drug-likeness (QED) is 0.475. The number of aryl methyl sites for hydroxylation is 1. The van der Waals surface area contributed by atoms with E-state index < -0.39 is 0 Å². The minimum absolute atomic E-state index is 0.383. The lowest BCUT2D eigenvalue weighted by molar-refractivity contribution is -0.896. The van der Waals surface area contributed by atoms with Crippen molar-refractivity contribution in [3.63, 3.8) is 0 Å². The molecule has 0 fully saturated rings. The van der Waals surface area contributed by atoms with E-state index in [4.69, 9.17) is 11.6 Å². The Morgan fingerprint density at radius 1 is 1.53 bits per heavy atom. The molecule has 0 aliphatic rings. The second-order valence-electron chi connectivity index (χ2n) is 3.30. The van der Waals surface area contributed by atoms with Crippen molar-refractivity contribution in [1.82, 2.24) is 9.78 Å². The number of halogens is 1. The van der Waals surface area contributed by atoms with Gasteiger partial charge < -0.3 is 0 Å². The summed E-state index contributed by atoms with van der Waals surface area (Å²) < 4.78 is 2.75. The van der Waals surface area contributed by atoms with Crippen LogP contribution in [0.15, 0.2) is 30.7 Å². The van der Waals surface area contributed by atoms with Crippen LogP contribution < -0.4 is 4.73 Å². The molecular weight excluding hydrogens is 214 g/mol. The molecule has 0 bridgehead atoms. The Balaban J connectivity index is 2.45. The van der Waals surface area contributed by atoms with E-state index in [0.717, 1.165) is 15.9 Å². The summed E-state index contributed by atoms with van der Waals surface area (Å²) in [6.45, 7) is 0. The van der Waals surface area contributed by atoms with Gasteiger partial charge in [0, 0.05) is 29.6 Å². The highest BCUT2D eigenvalue weighted by atomic mass is 35.5. The third kappa shape index (κ3) is 1.94. The molecule has 4 nitrogen and oxygen atoms in total. The van der Waals surface area contributed by atoms with Gasteiger partial charge in [0.1, 0.15) is 0 Å². The molecule has 2 heterocycles. The van der Waals surface area contributed by atoms with Crippen LogP contribution in [0.2, 0.25) is 0 Å². The van der Waals surface area contributed by atoms with Gasteiger partial charge in [0.25, 0.3) is 5.69 Å². The predicted molar refractivity (Wildman–Crippen MR) is 55.6 cm³/mol. The van der Waals surface area contributed by atoms with Crippen molar-refractivity contribution < 1.29 is 9.94 Å². The van der Waals surface area contributed by atoms with Crippen LogP contribution in [0.25, 0.3) is 11.3 Å².